The fraction of sp³-hybridized carbons (Fsp3) is 0.455. The minimum absolute atomic E-state index is 0.214. The molecular weight excluding hydrogens is 183 g/mol. The first-order chi connectivity index (χ1) is 6.64. The monoisotopic (exact) mass is 196 g/mol. The Labute approximate surface area is 82.0 Å². The van der Waals surface area contributed by atoms with Gasteiger partial charge in [0.05, 0.1) is 12.2 Å². The van der Waals surface area contributed by atoms with E-state index in [-0.39, 0.29) is 18.8 Å². The summed E-state index contributed by atoms with van der Waals surface area (Å²) >= 11 is 0. The molecule has 0 aromatic heterocycles. The Balaban J connectivity index is 2.38. The van der Waals surface area contributed by atoms with E-state index in [2.05, 4.69) is 0 Å². The second-order valence-electron chi connectivity index (χ2n) is 3.94. The molecule has 76 valence electrons. The topological polar surface area (TPSA) is 40.5 Å². The highest BCUT2D eigenvalue weighted by molar-refractivity contribution is 5.32. The van der Waals surface area contributed by atoms with Gasteiger partial charge in [0, 0.05) is 6.42 Å². The molecule has 2 rings (SSSR count). The van der Waals surface area contributed by atoms with Crippen LogP contribution in [-0.4, -0.2) is 22.4 Å². The molecule has 0 saturated carbocycles. The second-order valence-corrected chi connectivity index (χ2v) is 3.94. The van der Waals surface area contributed by atoms with Gasteiger partial charge in [0.25, 0.3) is 0 Å². The first kappa shape index (κ1) is 9.62. The van der Waals surface area contributed by atoms with Crippen LogP contribution in [-0.2, 0) is 12.8 Å². The zero-order valence-corrected chi connectivity index (χ0v) is 7.83. The number of aliphatic hydroxyl groups excluding tert-OH is 1. The highest BCUT2D eigenvalue weighted by Gasteiger charge is 2.32. The third-order valence-corrected chi connectivity index (χ3v) is 2.88. The zero-order valence-electron chi connectivity index (χ0n) is 7.83. The Kier molecular flexibility index (Phi) is 2.29. The van der Waals surface area contributed by atoms with Crippen molar-refractivity contribution >= 4 is 0 Å². The van der Waals surface area contributed by atoms with Gasteiger partial charge in [0.1, 0.15) is 5.82 Å². The molecule has 1 atom stereocenters. The fourth-order valence-electron chi connectivity index (χ4n) is 1.96. The van der Waals surface area contributed by atoms with Gasteiger partial charge in [-0.05, 0) is 30.0 Å². The Morgan fingerprint density at radius 3 is 2.93 bits per heavy atom. The van der Waals surface area contributed by atoms with E-state index in [4.69, 9.17) is 5.11 Å². The van der Waals surface area contributed by atoms with Crippen LogP contribution in [0.25, 0.3) is 0 Å². The molecule has 0 bridgehead atoms. The molecule has 1 aromatic carbocycles. The van der Waals surface area contributed by atoms with Crippen molar-refractivity contribution in [2.24, 2.45) is 0 Å². The largest absolute Gasteiger partial charge is 0.393 e. The molecule has 2 N–H and O–H groups in total. The summed E-state index contributed by atoms with van der Waals surface area (Å²) in [5.41, 5.74) is 0.369. The van der Waals surface area contributed by atoms with Gasteiger partial charge in [0.15, 0.2) is 0 Å². The number of benzene rings is 1. The van der Waals surface area contributed by atoms with E-state index >= 15 is 0 Å². The van der Waals surface area contributed by atoms with Crippen molar-refractivity contribution in [2.75, 3.05) is 6.61 Å². The molecule has 1 aliphatic carbocycles. The van der Waals surface area contributed by atoms with Crippen LogP contribution in [0, 0.1) is 5.82 Å². The number of halogens is 1. The predicted octanol–water partition coefficient (Wildman–Crippen LogP) is 1.04. The lowest BCUT2D eigenvalue weighted by molar-refractivity contribution is -0.0255. The van der Waals surface area contributed by atoms with Crippen molar-refractivity contribution in [2.45, 2.75) is 24.9 Å². The van der Waals surface area contributed by atoms with E-state index in [9.17, 15) is 9.50 Å². The van der Waals surface area contributed by atoms with Crippen molar-refractivity contribution in [3.63, 3.8) is 0 Å². The first-order valence-corrected chi connectivity index (χ1v) is 4.74. The molecule has 1 aliphatic rings. The minimum atomic E-state index is -1.13. The highest BCUT2D eigenvalue weighted by atomic mass is 19.1. The highest BCUT2D eigenvalue weighted by Crippen LogP contribution is 2.29. The maximum atomic E-state index is 13.4. The van der Waals surface area contributed by atoms with Crippen LogP contribution < -0.4 is 0 Å². The van der Waals surface area contributed by atoms with E-state index < -0.39 is 5.60 Å². The van der Waals surface area contributed by atoms with Gasteiger partial charge in [-0.25, -0.2) is 4.39 Å². The van der Waals surface area contributed by atoms with E-state index in [1.165, 1.54) is 6.07 Å². The maximum absolute atomic E-state index is 13.4. The molecule has 0 heterocycles. The molecule has 0 amide bonds. The quantitative estimate of drug-likeness (QED) is 0.704. The van der Waals surface area contributed by atoms with Gasteiger partial charge < -0.3 is 10.2 Å². The summed E-state index contributed by atoms with van der Waals surface area (Å²) in [6.07, 6.45) is 1.34. The van der Waals surface area contributed by atoms with Crippen LogP contribution in [0.4, 0.5) is 4.39 Å². The number of aryl methyl sites for hydroxylation is 1. The van der Waals surface area contributed by atoms with Crippen molar-refractivity contribution in [3.8, 4) is 0 Å². The van der Waals surface area contributed by atoms with Crippen LogP contribution >= 0.6 is 0 Å². The number of fused-ring (bicyclic) bond motifs is 1. The Morgan fingerprint density at radius 1 is 1.43 bits per heavy atom. The number of rotatable bonds is 1. The lowest BCUT2D eigenvalue weighted by Crippen LogP contribution is -2.39. The summed E-state index contributed by atoms with van der Waals surface area (Å²) in [5, 5.41) is 18.8. The summed E-state index contributed by atoms with van der Waals surface area (Å²) in [6, 6.07) is 4.94. The molecule has 0 saturated heterocycles. The van der Waals surface area contributed by atoms with Gasteiger partial charge in [0.2, 0.25) is 0 Å². The van der Waals surface area contributed by atoms with Crippen LogP contribution in [0.1, 0.15) is 17.5 Å². The molecule has 1 unspecified atom stereocenters. The van der Waals surface area contributed by atoms with Gasteiger partial charge in [-0.1, -0.05) is 12.1 Å². The Morgan fingerprint density at radius 2 is 2.21 bits per heavy atom. The van der Waals surface area contributed by atoms with Crippen LogP contribution in [0.5, 0.6) is 0 Å². The second kappa shape index (κ2) is 3.33. The summed E-state index contributed by atoms with van der Waals surface area (Å²) in [6.45, 7) is -0.305. The van der Waals surface area contributed by atoms with Crippen molar-refractivity contribution < 1.29 is 14.6 Å². The van der Waals surface area contributed by atoms with Gasteiger partial charge >= 0.3 is 0 Å². The minimum Gasteiger partial charge on any atom is -0.393 e. The normalized spacial score (nSPS) is 25.9. The van der Waals surface area contributed by atoms with Crippen molar-refractivity contribution in [1.29, 1.82) is 0 Å². The molecule has 0 fully saturated rings. The van der Waals surface area contributed by atoms with E-state index in [1.807, 2.05) is 6.07 Å². The molecular formula is C11H13FO2. The third-order valence-electron chi connectivity index (χ3n) is 2.88. The number of aliphatic hydroxyl groups is 2. The molecule has 0 radical (unpaired) electrons. The standard InChI is InChI=1S/C11H13FO2/c12-10-3-1-2-8-4-5-11(14,7-13)6-9(8)10/h1-3,13-14H,4-7H2. The average molecular weight is 196 g/mol. The van der Waals surface area contributed by atoms with Crippen LogP contribution in [0.3, 0.4) is 0 Å². The lowest BCUT2D eigenvalue weighted by Gasteiger charge is -2.31. The smallest absolute Gasteiger partial charge is 0.126 e. The van der Waals surface area contributed by atoms with Crippen molar-refractivity contribution in [3.05, 3.63) is 35.1 Å². The van der Waals surface area contributed by atoms with Crippen LogP contribution in [0.15, 0.2) is 18.2 Å². The molecule has 14 heavy (non-hydrogen) atoms. The fourth-order valence-corrected chi connectivity index (χ4v) is 1.96. The average Bonchev–Trinajstić information content (AvgIpc) is 2.20. The van der Waals surface area contributed by atoms with Gasteiger partial charge in [-0.3, -0.25) is 0 Å². The Hall–Kier alpha value is -0.930. The third kappa shape index (κ3) is 1.53. The molecule has 0 spiro atoms. The summed E-state index contributed by atoms with van der Waals surface area (Å²) < 4.78 is 13.4. The molecule has 3 heteroatoms. The van der Waals surface area contributed by atoms with E-state index in [0.29, 0.717) is 18.4 Å². The number of hydrogen-bond acceptors (Lipinski definition) is 2. The Bertz CT molecular complexity index is 351. The molecule has 1 aromatic rings. The maximum Gasteiger partial charge on any atom is 0.126 e. The predicted molar refractivity (Wildman–Crippen MR) is 50.5 cm³/mol. The first-order valence-electron chi connectivity index (χ1n) is 4.74. The number of hydrogen-bond donors (Lipinski definition) is 2. The van der Waals surface area contributed by atoms with Gasteiger partial charge in [-0.15, -0.1) is 0 Å². The summed E-state index contributed by atoms with van der Waals surface area (Å²) in [7, 11) is 0. The summed E-state index contributed by atoms with van der Waals surface area (Å²) in [5.74, 6) is -0.283. The van der Waals surface area contributed by atoms with E-state index in [0.717, 1.165) is 5.56 Å². The molecule has 0 aliphatic heterocycles. The van der Waals surface area contributed by atoms with Crippen LogP contribution in [0.2, 0.25) is 0 Å². The lowest BCUT2D eigenvalue weighted by atomic mass is 9.81. The summed E-state index contributed by atoms with van der Waals surface area (Å²) in [4.78, 5) is 0. The van der Waals surface area contributed by atoms with E-state index in [1.54, 1.807) is 6.07 Å². The molecule has 2 nitrogen and oxygen atoms in total. The van der Waals surface area contributed by atoms with Gasteiger partial charge in [-0.2, -0.15) is 0 Å². The SMILES string of the molecule is OCC1(O)CCc2cccc(F)c2C1. The zero-order chi connectivity index (χ0) is 10.2. The van der Waals surface area contributed by atoms with Crippen molar-refractivity contribution in [1.82, 2.24) is 0 Å².